The number of halogens is 2. The molecule has 0 amide bonds. The van der Waals surface area contributed by atoms with Crippen molar-refractivity contribution < 1.29 is 4.74 Å². The summed E-state index contributed by atoms with van der Waals surface area (Å²) in [6.45, 7) is 4.03. The molecule has 0 fully saturated rings. The highest BCUT2D eigenvalue weighted by atomic mass is 79.9. The Morgan fingerprint density at radius 1 is 1.30 bits per heavy atom. The van der Waals surface area contributed by atoms with Gasteiger partial charge in [0.1, 0.15) is 10.9 Å². The molecule has 1 heterocycles. The van der Waals surface area contributed by atoms with Crippen molar-refractivity contribution in [1.82, 2.24) is 4.98 Å². The Hall–Kier alpha value is -1.26. The molecule has 106 valence electrons. The topological polar surface area (TPSA) is 34.1 Å². The number of anilines is 1. The van der Waals surface area contributed by atoms with Crippen LogP contribution in [0, 0.1) is 6.92 Å². The van der Waals surface area contributed by atoms with Gasteiger partial charge in [-0.2, -0.15) is 0 Å². The first-order valence-corrected chi connectivity index (χ1v) is 7.41. The maximum atomic E-state index is 5.87. The number of pyridine rings is 1. The Morgan fingerprint density at radius 3 is 2.65 bits per heavy atom. The van der Waals surface area contributed by atoms with Crippen molar-refractivity contribution in [1.29, 1.82) is 0 Å². The van der Waals surface area contributed by atoms with Crippen LogP contribution in [-0.4, -0.2) is 12.1 Å². The minimum Gasteiger partial charge on any atom is -0.496 e. The second-order valence-electron chi connectivity index (χ2n) is 4.53. The largest absolute Gasteiger partial charge is 0.496 e. The minimum absolute atomic E-state index is 0.152. The average molecular weight is 356 g/mol. The van der Waals surface area contributed by atoms with Crippen LogP contribution in [0.25, 0.3) is 0 Å². The molecule has 20 heavy (non-hydrogen) atoms. The first-order valence-electron chi connectivity index (χ1n) is 6.24. The third kappa shape index (κ3) is 3.44. The van der Waals surface area contributed by atoms with Crippen LogP contribution >= 0.6 is 27.5 Å². The fraction of sp³-hybridized carbons (Fsp3) is 0.267. The smallest absolute Gasteiger partial charge is 0.133 e. The average Bonchev–Trinajstić information content (AvgIpc) is 2.41. The van der Waals surface area contributed by atoms with Crippen LogP contribution in [0.1, 0.15) is 24.2 Å². The first kappa shape index (κ1) is 15.1. The van der Waals surface area contributed by atoms with E-state index >= 15 is 0 Å². The Kier molecular flexibility index (Phi) is 4.89. The van der Waals surface area contributed by atoms with E-state index in [0.717, 1.165) is 27.2 Å². The van der Waals surface area contributed by atoms with Gasteiger partial charge in [-0.25, -0.2) is 4.98 Å². The second-order valence-corrected chi connectivity index (χ2v) is 5.77. The molecule has 1 unspecified atom stereocenters. The number of rotatable bonds is 4. The fourth-order valence-corrected chi connectivity index (χ4v) is 2.70. The molecule has 0 aliphatic heterocycles. The van der Waals surface area contributed by atoms with Crippen molar-refractivity contribution in [2.45, 2.75) is 19.9 Å². The van der Waals surface area contributed by atoms with Gasteiger partial charge < -0.3 is 10.1 Å². The predicted octanol–water partition coefficient (Wildman–Crippen LogP) is 4.99. The second kappa shape index (κ2) is 6.46. The van der Waals surface area contributed by atoms with Gasteiger partial charge in [-0.3, -0.25) is 0 Å². The van der Waals surface area contributed by atoms with Gasteiger partial charge >= 0.3 is 0 Å². The fourth-order valence-electron chi connectivity index (χ4n) is 1.95. The van der Waals surface area contributed by atoms with Crippen LogP contribution in [0.2, 0.25) is 5.15 Å². The molecular formula is C15H16BrClN2O. The summed E-state index contributed by atoms with van der Waals surface area (Å²) in [7, 11) is 1.66. The Labute approximate surface area is 132 Å². The van der Waals surface area contributed by atoms with Gasteiger partial charge in [0.25, 0.3) is 0 Å². The molecule has 0 radical (unpaired) electrons. The highest BCUT2D eigenvalue weighted by Crippen LogP contribution is 2.29. The van der Waals surface area contributed by atoms with Gasteiger partial charge in [-0.15, -0.1) is 0 Å². The molecule has 5 heteroatoms. The van der Waals surface area contributed by atoms with Crippen LogP contribution in [0.3, 0.4) is 0 Å². The molecule has 3 nitrogen and oxygen atoms in total. The molecule has 0 aliphatic carbocycles. The number of hydrogen-bond acceptors (Lipinski definition) is 3. The number of aryl methyl sites for hydroxylation is 1. The Balaban J connectivity index is 2.19. The van der Waals surface area contributed by atoms with Crippen molar-refractivity contribution >= 4 is 33.2 Å². The van der Waals surface area contributed by atoms with E-state index in [1.807, 2.05) is 25.1 Å². The molecule has 1 aromatic carbocycles. The van der Waals surface area contributed by atoms with E-state index in [4.69, 9.17) is 16.3 Å². The van der Waals surface area contributed by atoms with Crippen LogP contribution < -0.4 is 10.1 Å². The molecule has 1 N–H and O–H groups in total. The minimum atomic E-state index is 0.152. The van der Waals surface area contributed by atoms with E-state index in [0.29, 0.717) is 5.15 Å². The van der Waals surface area contributed by atoms with Crippen LogP contribution in [0.5, 0.6) is 5.75 Å². The normalized spacial score (nSPS) is 12.1. The number of aromatic nitrogens is 1. The molecular weight excluding hydrogens is 340 g/mol. The summed E-state index contributed by atoms with van der Waals surface area (Å²) in [5.74, 6) is 0.824. The van der Waals surface area contributed by atoms with Crippen molar-refractivity contribution in [2.75, 3.05) is 12.4 Å². The highest BCUT2D eigenvalue weighted by Gasteiger charge is 2.10. The van der Waals surface area contributed by atoms with Crippen LogP contribution in [0.4, 0.5) is 5.69 Å². The number of hydrogen-bond donors (Lipinski definition) is 1. The summed E-state index contributed by atoms with van der Waals surface area (Å²) in [4.78, 5) is 4.24. The lowest BCUT2D eigenvalue weighted by Gasteiger charge is -2.18. The zero-order chi connectivity index (χ0) is 14.7. The van der Waals surface area contributed by atoms with Crippen molar-refractivity contribution in [2.24, 2.45) is 0 Å². The maximum Gasteiger partial charge on any atom is 0.133 e. The lowest BCUT2D eigenvalue weighted by Crippen LogP contribution is -2.08. The highest BCUT2D eigenvalue weighted by molar-refractivity contribution is 9.10. The SMILES string of the molecule is COc1ccc(C(C)Nc2ccc(Cl)nc2C)cc1Br. The van der Waals surface area contributed by atoms with Crippen molar-refractivity contribution in [3.05, 3.63) is 51.2 Å². The molecule has 2 aromatic rings. The number of benzene rings is 1. The Morgan fingerprint density at radius 2 is 2.05 bits per heavy atom. The summed E-state index contributed by atoms with van der Waals surface area (Å²) < 4.78 is 6.18. The van der Waals surface area contributed by atoms with Crippen molar-refractivity contribution in [3.8, 4) is 5.75 Å². The van der Waals surface area contributed by atoms with E-state index in [1.54, 1.807) is 13.2 Å². The summed E-state index contributed by atoms with van der Waals surface area (Å²) in [6.07, 6.45) is 0. The predicted molar refractivity (Wildman–Crippen MR) is 86.7 cm³/mol. The van der Waals surface area contributed by atoms with Gasteiger partial charge in [0.2, 0.25) is 0 Å². The molecule has 0 aliphatic rings. The molecule has 1 aromatic heterocycles. The lowest BCUT2D eigenvalue weighted by atomic mass is 10.1. The monoisotopic (exact) mass is 354 g/mol. The van der Waals surface area contributed by atoms with Crippen LogP contribution in [-0.2, 0) is 0 Å². The van der Waals surface area contributed by atoms with Gasteiger partial charge in [0.05, 0.1) is 23.0 Å². The van der Waals surface area contributed by atoms with Crippen LogP contribution in [0.15, 0.2) is 34.8 Å². The molecule has 0 saturated heterocycles. The third-order valence-corrected chi connectivity index (χ3v) is 3.93. The first-order chi connectivity index (χ1) is 9.51. The standard InChI is InChI=1S/C15H16BrClN2O/c1-9(11-4-6-14(20-3)12(16)8-11)18-13-5-7-15(17)19-10(13)2/h4-9,18H,1-3H3. The van der Waals surface area contributed by atoms with E-state index in [2.05, 4.69) is 39.2 Å². The van der Waals surface area contributed by atoms with Gasteiger partial charge in [0, 0.05) is 6.04 Å². The van der Waals surface area contributed by atoms with Gasteiger partial charge in [0.15, 0.2) is 0 Å². The number of nitrogens with zero attached hydrogens (tertiary/aromatic N) is 1. The van der Waals surface area contributed by atoms with E-state index in [9.17, 15) is 0 Å². The number of ether oxygens (including phenoxy) is 1. The van der Waals surface area contributed by atoms with E-state index < -0.39 is 0 Å². The van der Waals surface area contributed by atoms with E-state index in [1.165, 1.54) is 0 Å². The zero-order valence-corrected chi connectivity index (χ0v) is 13.9. The Bertz CT molecular complexity index is 619. The van der Waals surface area contributed by atoms with Gasteiger partial charge in [-0.05, 0) is 59.6 Å². The summed E-state index contributed by atoms with van der Waals surface area (Å²) >= 11 is 9.37. The molecule has 0 bridgehead atoms. The third-order valence-electron chi connectivity index (χ3n) is 3.10. The zero-order valence-electron chi connectivity index (χ0n) is 11.6. The summed E-state index contributed by atoms with van der Waals surface area (Å²) in [6, 6.07) is 9.92. The number of nitrogens with one attached hydrogen (secondary N) is 1. The van der Waals surface area contributed by atoms with Gasteiger partial charge in [-0.1, -0.05) is 17.7 Å². The molecule has 1 atom stereocenters. The molecule has 0 saturated carbocycles. The van der Waals surface area contributed by atoms with E-state index in [-0.39, 0.29) is 6.04 Å². The summed E-state index contributed by atoms with van der Waals surface area (Å²) in [5, 5.41) is 3.94. The van der Waals surface area contributed by atoms with Crippen molar-refractivity contribution in [3.63, 3.8) is 0 Å². The lowest BCUT2D eigenvalue weighted by molar-refractivity contribution is 0.412. The quantitative estimate of drug-likeness (QED) is 0.785. The molecule has 0 spiro atoms. The molecule has 2 rings (SSSR count). The maximum absolute atomic E-state index is 5.87. The summed E-state index contributed by atoms with van der Waals surface area (Å²) in [5.41, 5.74) is 3.03. The number of methoxy groups -OCH3 is 1.